The van der Waals surface area contributed by atoms with Gasteiger partial charge in [0.05, 0.1) is 23.3 Å². The zero-order valence-electron chi connectivity index (χ0n) is 11.3. The molecule has 2 heterocycles. The van der Waals surface area contributed by atoms with Crippen LogP contribution in [0.5, 0.6) is 0 Å². The number of nitrogens with two attached hydrogens (primary N) is 1. The molecule has 0 radical (unpaired) electrons. The number of hydrogen-bond donors (Lipinski definition) is 1. The second-order valence-corrected chi connectivity index (χ2v) is 4.95. The maximum atomic E-state index is 6.30. The molecule has 0 amide bonds. The molecule has 0 bridgehead atoms. The third-order valence-electron chi connectivity index (χ3n) is 3.43. The van der Waals surface area contributed by atoms with Gasteiger partial charge in [0.2, 0.25) is 0 Å². The third kappa shape index (κ3) is 1.92. The van der Waals surface area contributed by atoms with E-state index in [9.17, 15) is 0 Å². The van der Waals surface area contributed by atoms with Crippen LogP contribution in [-0.4, -0.2) is 19.3 Å². The van der Waals surface area contributed by atoms with Crippen molar-refractivity contribution in [1.29, 1.82) is 0 Å². The number of nitrogens with zero attached hydrogens (tertiary/aromatic N) is 4. The monoisotopic (exact) mass is 255 g/mol. The van der Waals surface area contributed by atoms with Crippen molar-refractivity contribution in [1.82, 2.24) is 19.3 Å². The minimum absolute atomic E-state index is 0.258. The first-order chi connectivity index (χ1) is 9.06. The van der Waals surface area contributed by atoms with Gasteiger partial charge in [0.15, 0.2) is 0 Å². The van der Waals surface area contributed by atoms with E-state index < -0.39 is 0 Å². The highest BCUT2D eigenvalue weighted by Crippen LogP contribution is 2.23. The Kier molecular flexibility index (Phi) is 2.64. The zero-order chi connectivity index (χ0) is 13.6. The van der Waals surface area contributed by atoms with Gasteiger partial charge >= 0.3 is 0 Å². The lowest BCUT2D eigenvalue weighted by molar-refractivity contribution is 0.724. The molecular weight excluding hydrogens is 238 g/mol. The third-order valence-corrected chi connectivity index (χ3v) is 3.43. The lowest BCUT2D eigenvalue weighted by Gasteiger charge is -2.09. The Hall–Kier alpha value is -2.14. The molecule has 0 aliphatic rings. The first kappa shape index (κ1) is 11.9. The van der Waals surface area contributed by atoms with E-state index >= 15 is 0 Å². The summed E-state index contributed by atoms with van der Waals surface area (Å²) in [7, 11) is 3.88. The highest BCUT2D eigenvalue weighted by atomic mass is 15.2. The van der Waals surface area contributed by atoms with Crippen molar-refractivity contribution in [2.75, 3.05) is 0 Å². The zero-order valence-corrected chi connectivity index (χ0v) is 11.3. The van der Waals surface area contributed by atoms with Crippen molar-refractivity contribution in [3.63, 3.8) is 0 Å². The Morgan fingerprint density at radius 3 is 2.74 bits per heavy atom. The molecule has 5 nitrogen and oxygen atoms in total. The SMILES string of the molecule is Cc1ccc2c(c1)nc(C(N)c1cnn(C)c1)n2C. The first-order valence-corrected chi connectivity index (χ1v) is 6.23. The van der Waals surface area contributed by atoms with Crippen molar-refractivity contribution in [2.24, 2.45) is 19.8 Å². The van der Waals surface area contributed by atoms with Gasteiger partial charge < -0.3 is 10.3 Å². The Bertz CT molecular complexity index is 737. The summed E-state index contributed by atoms with van der Waals surface area (Å²) in [5.41, 5.74) is 10.5. The lowest BCUT2D eigenvalue weighted by atomic mass is 10.1. The van der Waals surface area contributed by atoms with Crippen LogP contribution in [0.15, 0.2) is 30.6 Å². The van der Waals surface area contributed by atoms with Crippen molar-refractivity contribution >= 4 is 11.0 Å². The molecule has 0 aliphatic carbocycles. The molecule has 1 atom stereocenters. The number of rotatable bonds is 2. The van der Waals surface area contributed by atoms with Crippen LogP contribution in [0.2, 0.25) is 0 Å². The molecule has 0 saturated heterocycles. The maximum absolute atomic E-state index is 6.30. The number of imidazole rings is 1. The van der Waals surface area contributed by atoms with Gasteiger partial charge in [-0.3, -0.25) is 4.68 Å². The average Bonchev–Trinajstić information content (AvgIpc) is 2.93. The first-order valence-electron chi connectivity index (χ1n) is 6.23. The van der Waals surface area contributed by atoms with Crippen LogP contribution in [-0.2, 0) is 14.1 Å². The molecule has 3 aromatic rings. The highest BCUT2D eigenvalue weighted by molar-refractivity contribution is 5.77. The number of aryl methyl sites for hydroxylation is 3. The Morgan fingerprint density at radius 1 is 1.26 bits per heavy atom. The van der Waals surface area contributed by atoms with E-state index in [4.69, 9.17) is 5.73 Å². The molecule has 19 heavy (non-hydrogen) atoms. The molecular formula is C14H17N5. The van der Waals surface area contributed by atoms with Crippen molar-refractivity contribution in [2.45, 2.75) is 13.0 Å². The van der Waals surface area contributed by atoms with Gasteiger partial charge in [-0.05, 0) is 24.6 Å². The fraction of sp³-hybridized carbons (Fsp3) is 0.286. The van der Waals surface area contributed by atoms with Gasteiger partial charge in [-0.25, -0.2) is 4.98 Å². The molecule has 5 heteroatoms. The van der Waals surface area contributed by atoms with Crippen LogP contribution in [0.4, 0.5) is 0 Å². The number of hydrogen-bond acceptors (Lipinski definition) is 3. The summed E-state index contributed by atoms with van der Waals surface area (Å²) in [5.74, 6) is 0.855. The van der Waals surface area contributed by atoms with Gasteiger partial charge in [0.1, 0.15) is 5.82 Å². The predicted octanol–water partition coefficient (Wildman–Crippen LogP) is 1.66. The summed E-state index contributed by atoms with van der Waals surface area (Å²) in [6.45, 7) is 2.06. The van der Waals surface area contributed by atoms with Gasteiger partial charge in [-0.2, -0.15) is 5.10 Å². The van der Waals surface area contributed by atoms with E-state index in [1.165, 1.54) is 5.56 Å². The largest absolute Gasteiger partial charge is 0.330 e. The van der Waals surface area contributed by atoms with Crippen molar-refractivity contribution < 1.29 is 0 Å². The van der Waals surface area contributed by atoms with Crippen LogP contribution < -0.4 is 5.73 Å². The summed E-state index contributed by atoms with van der Waals surface area (Å²) in [4.78, 5) is 4.66. The van der Waals surface area contributed by atoms with E-state index in [2.05, 4.69) is 35.2 Å². The molecule has 0 fully saturated rings. The molecule has 1 unspecified atom stereocenters. The van der Waals surface area contributed by atoms with Crippen LogP contribution in [0, 0.1) is 6.92 Å². The molecule has 0 spiro atoms. The van der Waals surface area contributed by atoms with Crippen LogP contribution in [0.3, 0.4) is 0 Å². The topological polar surface area (TPSA) is 61.7 Å². The maximum Gasteiger partial charge on any atom is 0.131 e. The number of aromatic nitrogens is 4. The number of fused-ring (bicyclic) bond motifs is 1. The molecule has 1 aromatic carbocycles. The quantitative estimate of drug-likeness (QED) is 0.757. The van der Waals surface area contributed by atoms with Gasteiger partial charge in [-0.1, -0.05) is 6.07 Å². The molecule has 2 aromatic heterocycles. The van der Waals surface area contributed by atoms with Gasteiger partial charge in [-0.15, -0.1) is 0 Å². The van der Waals surface area contributed by atoms with Crippen LogP contribution in [0.25, 0.3) is 11.0 Å². The van der Waals surface area contributed by atoms with E-state index in [-0.39, 0.29) is 6.04 Å². The minimum atomic E-state index is -0.258. The summed E-state index contributed by atoms with van der Waals surface area (Å²) in [5, 5.41) is 4.16. The number of benzene rings is 1. The van der Waals surface area contributed by atoms with Crippen LogP contribution >= 0.6 is 0 Å². The fourth-order valence-electron chi connectivity index (χ4n) is 2.36. The molecule has 0 saturated carbocycles. The summed E-state index contributed by atoms with van der Waals surface area (Å²) < 4.78 is 3.80. The van der Waals surface area contributed by atoms with Crippen LogP contribution in [0.1, 0.15) is 23.0 Å². The van der Waals surface area contributed by atoms with E-state index in [0.29, 0.717) is 0 Å². The Labute approximate surface area is 111 Å². The summed E-state index contributed by atoms with van der Waals surface area (Å²) in [6.07, 6.45) is 3.71. The van der Waals surface area contributed by atoms with Crippen molar-refractivity contribution in [3.8, 4) is 0 Å². The van der Waals surface area contributed by atoms with E-state index in [1.54, 1.807) is 10.9 Å². The standard InChI is InChI=1S/C14H17N5/c1-9-4-5-12-11(6-9)17-14(19(12)3)13(15)10-7-16-18(2)8-10/h4-8,13H,15H2,1-3H3. The molecule has 2 N–H and O–H groups in total. The summed E-state index contributed by atoms with van der Waals surface area (Å²) in [6, 6.07) is 5.99. The van der Waals surface area contributed by atoms with Crippen molar-refractivity contribution in [3.05, 3.63) is 47.5 Å². The molecule has 0 aliphatic heterocycles. The lowest BCUT2D eigenvalue weighted by Crippen LogP contribution is -2.16. The second-order valence-electron chi connectivity index (χ2n) is 4.95. The smallest absolute Gasteiger partial charge is 0.131 e. The normalized spacial score (nSPS) is 13.1. The average molecular weight is 255 g/mol. The van der Waals surface area contributed by atoms with Gasteiger partial charge in [0, 0.05) is 25.9 Å². The Balaban J connectivity index is 2.12. The molecule has 98 valence electrons. The molecule has 3 rings (SSSR count). The van der Waals surface area contributed by atoms with Gasteiger partial charge in [0.25, 0.3) is 0 Å². The summed E-state index contributed by atoms with van der Waals surface area (Å²) >= 11 is 0. The Morgan fingerprint density at radius 2 is 2.05 bits per heavy atom. The van der Waals surface area contributed by atoms with E-state index in [0.717, 1.165) is 22.4 Å². The second kappa shape index (κ2) is 4.20. The predicted molar refractivity (Wildman–Crippen MR) is 74.7 cm³/mol. The fourth-order valence-corrected chi connectivity index (χ4v) is 2.36. The van der Waals surface area contributed by atoms with E-state index in [1.807, 2.05) is 24.9 Å². The highest BCUT2D eigenvalue weighted by Gasteiger charge is 2.17. The minimum Gasteiger partial charge on any atom is -0.330 e.